The zero-order valence-corrected chi connectivity index (χ0v) is 15.0. The third-order valence-corrected chi connectivity index (χ3v) is 8.51. The summed E-state index contributed by atoms with van der Waals surface area (Å²) in [6, 6.07) is 3.35. The standard InChI is InChI=1S/C16H30O3Si/c1-8-20(9-2,10-3)19-15-12-17-16(6,7)18-14(15)11-13(4)5/h4,8-12H2,1-3,5-7H3. The predicted molar refractivity (Wildman–Crippen MR) is 85.9 cm³/mol. The Bertz CT molecular complexity index is 373. The number of hydrogen-bond acceptors (Lipinski definition) is 3. The number of rotatable bonds is 7. The molecule has 0 aromatic carbocycles. The molecule has 1 aliphatic heterocycles. The predicted octanol–water partition coefficient (Wildman–Crippen LogP) is 4.97. The van der Waals surface area contributed by atoms with Gasteiger partial charge in [-0.15, -0.1) is 0 Å². The zero-order valence-electron chi connectivity index (χ0n) is 14.0. The Morgan fingerprint density at radius 3 is 2.25 bits per heavy atom. The Morgan fingerprint density at radius 2 is 1.80 bits per heavy atom. The second kappa shape index (κ2) is 6.81. The highest BCUT2D eigenvalue weighted by Crippen LogP contribution is 2.33. The maximum atomic E-state index is 6.46. The highest BCUT2D eigenvalue weighted by atomic mass is 28.4. The molecule has 116 valence electrons. The fraction of sp³-hybridized carbons (Fsp3) is 0.750. The Balaban J connectivity index is 3.02. The minimum atomic E-state index is -1.69. The van der Waals surface area contributed by atoms with E-state index in [1.165, 1.54) is 0 Å². The van der Waals surface area contributed by atoms with Crippen molar-refractivity contribution in [3.8, 4) is 0 Å². The summed E-state index contributed by atoms with van der Waals surface area (Å²) < 4.78 is 18.2. The molecule has 0 saturated carbocycles. The van der Waals surface area contributed by atoms with Gasteiger partial charge in [-0.05, 0) is 25.1 Å². The average molecular weight is 298 g/mol. The fourth-order valence-corrected chi connectivity index (χ4v) is 5.05. The van der Waals surface area contributed by atoms with Gasteiger partial charge in [0, 0.05) is 20.3 Å². The van der Waals surface area contributed by atoms with Crippen LogP contribution >= 0.6 is 0 Å². The van der Waals surface area contributed by atoms with E-state index >= 15 is 0 Å². The Kier molecular flexibility index (Phi) is 5.89. The first-order chi connectivity index (χ1) is 9.27. The molecule has 0 aromatic heterocycles. The van der Waals surface area contributed by atoms with Crippen LogP contribution in [0.2, 0.25) is 18.1 Å². The molecule has 0 saturated heterocycles. The lowest BCUT2D eigenvalue weighted by atomic mass is 10.2. The molecule has 1 aliphatic rings. The van der Waals surface area contributed by atoms with Crippen LogP contribution in [0.4, 0.5) is 0 Å². The van der Waals surface area contributed by atoms with Crippen molar-refractivity contribution in [3.63, 3.8) is 0 Å². The topological polar surface area (TPSA) is 27.7 Å². The summed E-state index contributed by atoms with van der Waals surface area (Å²) >= 11 is 0. The Morgan fingerprint density at radius 1 is 1.25 bits per heavy atom. The van der Waals surface area contributed by atoms with Crippen LogP contribution in [0.5, 0.6) is 0 Å². The summed E-state index contributed by atoms with van der Waals surface area (Å²) in [5, 5.41) is 0. The number of allylic oxidation sites excluding steroid dienone is 1. The maximum absolute atomic E-state index is 6.46. The normalized spacial score (nSPS) is 18.7. The third kappa shape index (κ3) is 4.38. The molecular formula is C16H30O3Si. The molecule has 0 atom stereocenters. The quantitative estimate of drug-likeness (QED) is 0.490. The van der Waals surface area contributed by atoms with E-state index in [4.69, 9.17) is 13.9 Å². The van der Waals surface area contributed by atoms with Crippen molar-refractivity contribution >= 4 is 8.32 Å². The highest BCUT2D eigenvalue weighted by Gasteiger charge is 2.36. The van der Waals surface area contributed by atoms with E-state index in [1.807, 2.05) is 20.8 Å². The lowest BCUT2D eigenvalue weighted by Crippen LogP contribution is -2.40. The lowest BCUT2D eigenvalue weighted by molar-refractivity contribution is -0.208. The maximum Gasteiger partial charge on any atom is 0.250 e. The molecule has 20 heavy (non-hydrogen) atoms. The molecule has 0 aromatic rings. The SMILES string of the molecule is C=C(C)CC1=C(O[Si](CC)(CC)CC)COC(C)(C)O1. The molecule has 0 amide bonds. The molecule has 0 N–H and O–H groups in total. The van der Waals surface area contributed by atoms with Crippen molar-refractivity contribution in [1.29, 1.82) is 0 Å². The van der Waals surface area contributed by atoms with Crippen LogP contribution in [-0.4, -0.2) is 20.7 Å². The summed E-state index contributed by atoms with van der Waals surface area (Å²) in [7, 11) is -1.69. The van der Waals surface area contributed by atoms with Gasteiger partial charge in [0.2, 0.25) is 14.1 Å². The Hall–Kier alpha value is -0.743. The summed E-state index contributed by atoms with van der Waals surface area (Å²) in [6.07, 6.45) is 0.726. The molecule has 0 aliphatic carbocycles. The van der Waals surface area contributed by atoms with Gasteiger partial charge in [0.15, 0.2) is 0 Å². The number of hydrogen-bond donors (Lipinski definition) is 0. The summed E-state index contributed by atoms with van der Waals surface area (Å²) in [5.74, 6) is 1.22. The second-order valence-electron chi connectivity index (χ2n) is 6.12. The first-order valence-corrected chi connectivity index (χ1v) is 10.2. The van der Waals surface area contributed by atoms with E-state index in [9.17, 15) is 0 Å². The van der Waals surface area contributed by atoms with Crippen LogP contribution in [0.1, 0.15) is 48.0 Å². The minimum Gasteiger partial charge on any atom is -0.543 e. The van der Waals surface area contributed by atoms with Gasteiger partial charge < -0.3 is 13.9 Å². The largest absolute Gasteiger partial charge is 0.543 e. The van der Waals surface area contributed by atoms with E-state index in [1.54, 1.807) is 0 Å². The molecule has 4 heteroatoms. The van der Waals surface area contributed by atoms with E-state index in [0.29, 0.717) is 6.61 Å². The average Bonchev–Trinajstić information content (AvgIpc) is 2.37. The van der Waals surface area contributed by atoms with Crippen molar-refractivity contribution in [2.75, 3.05) is 6.61 Å². The van der Waals surface area contributed by atoms with Crippen LogP contribution in [0.15, 0.2) is 23.7 Å². The molecular weight excluding hydrogens is 268 g/mol. The van der Waals surface area contributed by atoms with Gasteiger partial charge in [0.1, 0.15) is 18.1 Å². The zero-order chi connectivity index (χ0) is 15.4. The fourth-order valence-electron chi connectivity index (χ4n) is 2.43. The highest BCUT2D eigenvalue weighted by molar-refractivity contribution is 6.73. The first kappa shape index (κ1) is 17.3. The lowest BCUT2D eigenvalue weighted by Gasteiger charge is -2.38. The molecule has 0 spiro atoms. The van der Waals surface area contributed by atoms with Gasteiger partial charge in [-0.25, -0.2) is 0 Å². The van der Waals surface area contributed by atoms with Crippen LogP contribution in [0.3, 0.4) is 0 Å². The third-order valence-electron chi connectivity index (χ3n) is 3.97. The molecule has 0 unspecified atom stereocenters. The monoisotopic (exact) mass is 298 g/mol. The van der Waals surface area contributed by atoms with Gasteiger partial charge >= 0.3 is 0 Å². The molecule has 1 rings (SSSR count). The Labute approximate surface area is 125 Å². The van der Waals surface area contributed by atoms with Gasteiger partial charge in [-0.1, -0.05) is 32.9 Å². The van der Waals surface area contributed by atoms with Crippen molar-refractivity contribution in [1.82, 2.24) is 0 Å². The van der Waals surface area contributed by atoms with Crippen LogP contribution in [0.25, 0.3) is 0 Å². The summed E-state index contributed by atoms with van der Waals surface area (Å²) in [4.78, 5) is 0. The second-order valence-corrected chi connectivity index (χ2v) is 10.8. The molecule has 0 fully saturated rings. The summed E-state index contributed by atoms with van der Waals surface area (Å²) in [6.45, 7) is 17.1. The van der Waals surface area contributed by atoms with E-state index in [0.717, 1.165) is 41.6 Å². The van der Waals surface area contributed by atoms with Crippen molar-refractivity contribution < 1.29 is 13.9 Å². The van der Waals surface area contributed by atoms with Gasteiger partial charge in [-0.3, -0.25) is 0 Å². The van der Waals surface area contributed by atoms with Gasteiger partial charge in [0.25, 0.3) is 0 Å². The van der Waals surface area contributed by atoms with E-state index in [2.05, 4.69) is 27.4 Å². The molecule has 0 bridgehead atoms. The molecule has 0 radical (unpaired) electrons. The van der Waals surface area contributed by atoms with E-state index < -0.39 is 14.1 Å². The summed E-state index contributed by atoms with van der Waals surface area (Å²) in [5.41, 5.74) is 1.08. The van der Waals surface area contributed by atoms with Gasteiger partial charge in [-0.2, -0.15) is 0 Å². The van der Waals surface area contributed by atoms with Crippen LogP contribution in [-0.2, 0) is 13.9 Å². The van der Waals surface area contributed by atoms with Gasteiger partial charge in [0.05, 0.1) is 0 Å². The minimum absolute atomic E-state index is 0.504. The molecule has 1 heterocycles. The van der Waals surface area contributed by atoms with Crippen molar-refractivity contribution in [3.05, 3.63) is 23.7 Å². The molecule has 3 nitrogen and oxygen atoms in total. The van der Waals surface area contributed by atoms with Crippen LogP contribution < -0.4 is 0 Å². The van der Waals surface area contributed by atoms with E-state index in [-0.39, 0.29) is 0 Å². The smallest absolute Gasteiger partial charge is 0.250 e. The number of ether oxygens (including phenoxy) is 2. The first-order valence-electron chi connectivity index (χ1n) is 7.66. The van der Waals surface area contributed by atoms with Crippen molar-refractivity contribution in [2.24, 2.45) is 0 Å². The van der Waals surface area contributed by atoms with Crippen molar-refractivity contribution in [2.45, 2.75) is 71.9 Å². The van der Waals surface area contributed by atoms with Crippen LogP contribution in [0, 0.1) is 0 Å².